The van der Waals surface area contributed by atoms with Gasteiger partial charge in [0.1, 0.15) is 21.7 Å². The summed E-state index contributed by atoms with van der Waals surface area (Å²) in [6, 6.07) is 0. The van der Waals surface area contributed by atoms with Crippen LogP contribution in [0.5, 0.6) is 0 Å². The summed E-state index contributed by atoms with van der Waals surface area (Å²) in [5.74, 6) is 1.02. The maximum Gasteiger partial charge on any atom is 0.158 e. The Balaban J connectivity index is 1.33. The van der Waals surface area contributed by atoms with E-state index in [-0.39, 0.29) is 5.41 Å². The summed E-state index contributed by atoms with van der Waals surface area (Å²) in [6.45, 7) is 11.1. The fraction of sp³-hybridized carbons (Fsp3) is 0.500. The van der Waals surface area contributed by atoms with Gasteiger partial charge in [-0.2, -0.15) is 5.10 Å². The van der Waals surface area contributed by atoms with Gasteiger partial charge in [-0.25, -0.2) is 22.9 Å². The fourth-order valence-corrected chi connectivity index (χ4v) is 8.68. The molecule has 32 heavy (non-hydrogen) atoms. The maximum absolute atomic E-state index is 11.6. The Morgan fingerprint density at radius 1 is 1.22 bits per heavy atom. The number of sulfone groups is 1. The molecule has 0 unspecified atom stereocenters. The Labute approximate surface area is 190 Å². The van der Waals surface area contributed by atoms with Crippen LogP contribution >= 0.6 is 11.3 Å². The number of nitrogens with one attached hydrogen (secondary N) is 1. The lowest BCUT2D eigenvalue weighted by atomic mass is 9.83. The summed E-state index contributed by atoms with van der Waals surface area (Å²) in [5, 5.41) is 5.43. The molecule has 0 amide bonds. The number of rotatable bonds is 4. The van der Waals surface area contributed by atoms with Gasteiger partial charge < -0.3 is 4.98 Å². The van der Waals surface area contributed by atoms with Crippen LogP contribution in [0.25, 0.3) is 27.3 Å². The van der Waals surface area contributed by atoms with E-state index in [1.54, 1.807) is 17.7 Å². The van der Waals surface area contributed by atoms with Gasteiger partial charge in [0.05, 0.1) is 23.7 Å². The van der Waals surface area contributed by atoms with E-state index in [1.807, 2.05) is 4.52 Å². The van der Waals surface area contributed by atoms with Crippen molar-refractivity contribution in [2.75, 3.05) is 24.6 Å². The van der Waals surface area contributed by atoms with Gasteiger partial charge in [0, 0.05) is 35.8 Å². The zero-order chi connectivity index (χ0) is 22.4. The highest BCUT2D eigenvalue weighted by molar-refractivity contribution is 7.92. The molecule has 0 aliphatic carbocycles. The van der Waals surface area contributed by atoms with Crippen LogP contribution in [0.2, 0.25) is 0 Å². The van der Waals surface area contributed by atoms with Crippen LogP contribution in [0, 0.1) is 19.3 Å². The smallest absolute Gasteiger partial charge is 0.158 e. The summed E-state index contributed by atoms with van der Waals surface area (Å²) in [5.41, 5.74) is 7.75. The minimum Gasteiger partial charge on any atom is -0.345 e. The van der Waals surface area contributed by atoms with Gasteiger partial charge in [-0.05, 0) is 30.9 Å². The van der Waals surface area contributed by atoms with E-state index in [0.717, 1.165) is 57.5 Å². The summed E-state index contributed by atoms with van der Waals surface area (Å²) >= 11 is 1.70. The minimum absolute atomic E-state index is 0.0165. The van der Waals surface area contributed by atoms with Gasteiger partial charge in [-0.15, -0.1) is 0 Å². The maximum atomic E-state index is 11.6. The lowest BCUT2D eigenvalue weighted by Crippen LogP contribution is -2.67. The van der Waals surface area contributed by atoms with Crippen molar-refractivity contribution in [3.63, 3.8) is 0 Å². The minimum atomic E-state index is -2.78. The molecule has 168 valence electrons. The SMILES string of the molecule is Cc1c(-c2[nH]c3sc(CN4CC5(C4)CS(=O)(=O)C5)nc3c2C(C)C)cn2ncnc2c1C. The van der Waals surface area contributed by atoms with Crippen LogP contribution in [0.1, 0.15) is 41.5 Å². The van der Waals surface area contributed by atoms with E-state index in [4.69, 9.17) is 4.98 Å². The lowest BCUT2D eigenvalue weighted by molar-refractivity contribution is 0.0180. The number of H-pyrrole nitrogens is 1. The van der Waals surface area contributed by atoms with Crippen LogP contribution in [0.15, 0.2) is 12.5 Å². The third-order valence-electron chi connectivity index (χ3n) is 6.94. The zero-order valence-corrected chi connectivity index (χ0v) is 20.3. The van der Waals surface area contributed by atoms with Crippen molar-refractivity contribution in [2.24, 2.45) is 5.41 Å². The molecule has 0 bridgehead atoms. The number of likely N-dealkylation sites (tertiary alicyclic amines) is 1. The number of aromatic nitrogens is 5. The molecule has 0 aromatic carbocycles. The van der Waals surface area contributed by atoms with Crippen LogP contribution in [-0.2, 0) is 16.4 Å². The molecular formula is C22H26N6O2S2. The van der Waals surface area contributed by atoms with E-state index >= 15 is 0 Å². The second-order valence-electron chi connectivity index (χ2n) is 9.85. The van der Waals surface area contributed by atoms with Gasteiger partial charge in [-0.1, -0.05) is 25.2 Å². The van der Waals surface area contributed by atoms with Crippen LogP contribution in [-0.4, -0.2) is 62.5 Å². The number of thiazole rings is 1. The standard InChI is InChI=1S/C22H26N6O2S2/c1-12(2)17-18(15-5-28-20(23-11-24-28)14(4)13(15)3)26-21-19(17)25-16(31-21)6-27-7-22(8-27)9-32(29,30)10-22/h5,11-12,26H,6-10H2,1-4H3. The van der Waals surface area contributed by atoms with E-state index in [0.29, 0.717) is 17.4 Å². The molecule has 6 heterocycles. The van der Waals surface area contributed by atoms with E-state index < -0.39 is 9.84 Å². The quantitative estimate of drug-likeness (QED) is 0.492. The van der Waals surface area contributed by atoms with Crippen molar-refractivity contribution in [3.8, 4) is 11.3 Å². The number of aryl methyl sites for hydroxylation is 1. The Bertz CT molecular complexity index is 1470. The van der Waals surface area contributed by atoms with E-state index in [1.165, 1.54) is 11.1 Å². The predicted octanol–water partition coefficient (Wildman–Crippen LogP) is 3.30. The molecule has 1 spiro atoms. The number of aromatic amines is 1. The highest BCUT2D eigenvalue weighted by atomic mass is 32.2. The van der Waals surface area contributed by atoms with Gasteiger partial charge >= 0.3 is 0 Å². The molecule has 4 aromatic rings. The summed E-state index contributed by atoms with van der Waals surface area (Å²) in [4.78, 5) is 16.5. The largest absolute Gasteiger partial charge is 0.345 e. The third-order valence-corrected chi connectivity index (χ3v) is 10.00. The van der Waals surface area contributed by atoms with Crippen molar-refractivity contribution >= 4 is 37.2 Å². The molecule has 2 fully saturated rings. The van der Waals surface area contributed by atoms with Crippen molar-refractivity contribution in [2.45, 2.75) is 40.2 Å². The number of hydrogen-bond acceptors (Lipinski definition) is 7. The highest BCUT2D eigenvalue weighted by Crippen LogP contribution is 2.43. The molecule has 0 atom stereocenters. The van der Waals surface area contributed by atoms with Crippen molar-refractivity contribution in [1.29, 1.82) is 0 Å². The Kier molecular flexibility index (Phi) is 4.20. The highest BCUT2D eigenvalue weighted by Gasteiger charge is 2.55. The van der Waals surface area contributed by atoms with Crippen molar-refractivity contribution in [1.82, 2.24) is 29.5 Å². The van der Waals surface area contributed by atoms with Gasteiger partial charge in [-0.3, -0.25) is 4.90 Å². The number of fused-ring (bicyclic) bond motifs is 2. The van der Waals surface area contributed by atoms with E-state index in [2.05, 4.69) is 53.9 Å². The van der Waals surface area contributed by atoms with Crippen molar-refractivity contribution in [3.05, 3.63) is 34.2 Å². The number of pyridine rings is 1. The lowest BCUT2D eigenvalue weighted by Gasteiger charge is -2.54. The zero-order valence-electron chi connectivity index (χ0n) is 18.6. The molecule has 0 radical (unpaired) electrons. The topological polar surface area (TPSA) is 96.2 Å². The van der Waals surface area contributed by atoms with Gasteiger partial charge in [0.15, 0.2) is 15.5 Å². The average molecular weight is 471 g/mol. The van der Waals surface area contributed by atoms with Gasteiger partial charge in [0.2, 0.25) is 0 Å². The average Bonchev–Trinajstić information content (AvgIpc) is 3.35. The normalized spacial score (nSPS) is 19.8. The van der Waals surface area contributed by atoms with Crippen LogP contribution in [0.3, 0.4) is 0 Å². The van der Waals surface area contributed by atoms with Crippen LogP contribution in [0.4, 0.5) is 0 Å². The molecule has 10 heteroatoms. The molecule has 0 saturated carbocycles. The van der Waals surface area contributed by atoms with Gasteiger partial charge in [0.25, 0.3) is 0 Å². The van der Waals surface area contributed by atoms with Crippen molar-refractivity contribution < 1.29 is 8.42 Å². The van der Waals surface area contributed by atoms with E-state index in [9.17, 15) is 8.42 Å². The second-order valence-corrected chi connectivity index (χ2v) is 13.0. The second kappa shape index (κ2) is 6.61. The van der Waals surface area contributed by atoms with Crippen LogP contribution < -0.4 is 0 Å². The molecule has 4 aromatic heterocycles. The summed E-state index contributed by atoms with van der Waals surface area (Å²) < 4.78 is 24.9. The molecule has 6 rings (SSSR count). The first-order valence-electron chi connectivity index (χ1n) is 10.9. The molecule has 1 N–H and O–H groups in total. The molecular weight excluding hydrogens is 444 g/mol. The first-order valence-corrected chi connectivity index (χ1v) is 13.5. The Hall–Kier alpha value is -2.30. The monoisotopic (exact) mass is 470 g/mol. The number of nitrogens with zero attached hydrogens (tertiary/aromatic N) is 5. The first kappa shape index (κ1) is 20.3. The molecule has 2 saturated heterocycles. The predicted molar refractivity (Wildman–Crippen MR) is 126 cm³/mol. The molecule has 2 aliphatic rings. The summed E-state index contributed by atoms with van der Waals surface area (Å²) in [6.07, 6.45) is 3.65. The third kappa shape index (κ3) is 2.96. The first-order chi connectivity index (χ1) is 15.1. The fourth-order valence-electron chi connectivity index (χ4n) is 5.51. The Morgan fingerprint density at radius 3 is 2.66 bits per heavy atom. The molecule has 2 aliphatic heterocycles. The molecule has 8 nitrogen and oxygen atoms in total. The Morgan fingerprint density at radius 2 is 1.97 bits per heavy atom. The number of hydrogen-bond donors (Lipinski definition) is 1. The summed E-state index contributed by atoms with van der Waals surface area (Å²) in [7, 11) is -2.78.